The highest BCUT2D eigenvalue weighted by Crippen LogP contribution is 2.26. The predicted octanol–water partition coefficient (Wildman–Crippen LogP) is 3.02. The number of carbonyl (C=O) groups is 2. The molecule has 0 heterocycles. The van der Waals surface area contributed by atoms with E-state index in [0.717, 1.165) is 0 Å². The second-order valence-electron chi connectivity index (χ2n) is 3.74. The van der Waals surface area contributed by atoms with Gasteiger partial charge in [-0.1, -0.05) is 35.9 Å². The van der Waals surface area contributed by atoms with E-state index in [4.69, 9.17) is 26.8 Å². The van der Waals surface area contributed by atoms with Crippen molar-refractivity contribution in [1.82, 2.24) is 0 Å². The lowest BCUT2D eigenvalue weighted by atomic mass is 10.2. The van der Waals surface area contributed by atoms with Gasteiger partial charge in [0.25, 0.3) is 0 Å². The molecule has 0 unspecified atom stereocenters. The van der Waals surface area contributed by atoms with Crippen LogP contribution in [0.25, 0.3) is 0 Å². The van der Waals surface area contributed by atoms with Crippen LogP contribution < -0.4 is 15.2 Å². The molecule has 5 nitrogen and oxygen atoms in total. The second kappa shape index (κ2) is 6.08. The molecule has 2 aromatic carbocycles. The van der Waals surface area contributed by atoms with Gasteiger partial charge in [0.1, 0.15) is 17.1 Å². The molecule has 0 aliphatic carbocycles. The van der Waals surface area contributed by atoms with Crippen LogP contribution in [0.15, 0.2) is 48.5 Å². The lowest BCUT2D eigenvalue weighted by Crippen LogP contribution is -2.19. The molecule has 0 aliphatic rings. The Morgan fingerprint density at radius 2 is 1.50 bits per heavy atom. The average molecular weight is 292 g/mol. The van der Waals surface area contributed by atoms with Crippen molar-refractivity contribution in [2.45, 2.75) is 0 Å². The van der Waals surface area contributed by atoms with Crippen LogP contribution in [0.4, 0.5) is 4.79 Å². The van der Waals surface area contributed by atoms with Gasteiger partial charge in [-0.2, -0.15) is 0 Å². The number of hydrogen-bond acceptors (Lipinski definition) is 4. The predicted molar refractivity (Wildman–Crippen MR) is 73.1 cm³/mol. The maximum Gasteiger partial charge on any atom is 0.409 e. The summed E-state index contributed by atoms with van der Waals surface area (Å²) in [6, 6.07) is 12.6. The number of benzene rings is 2. The number of nitrogens with two attached hydrogens (primary N) is 1. The molecule has 2 rings (SSSR count). The Morgan fingerprint density at radius 1 is 0.900 bits per heavy atom. The van der Waals surface area contributed by atoms with E-state index in [1.807, 2.05) is 0 Å². The molecule has 6 heteroatoms. The van der Waals surface area contributed by atoms with Crippen LogP contribution in [0.5, 0.6) is 11.5 Å². The number of para-hydroxylation sites is 2. The molecule has 0 atom stereocenters. The molecule has 20 heavy (non-hydrogen) atoms. The third kappa shape index (κ3) is 3.27. The zero-order valence-corrected chi connectivity index (χ0v) is 11.0. The summed E-state index contributed by atoms with van der Waals surface area (Å²) in [5.41, 5.74) is 5.01. The maximum atomic E-state index is 12.1. The molecule has 0 bridgehead atoms. The van der Waals surface area contributed by atoms with Crippen LogP contribution in [-0.2, 0) is 0 Å². The van der Waals surface area contributed by atoms with E-state index >= 15 is 0 Å². The number of hydrogen-bond donors (Lipinski definition) is 1. The molecule has 0 saturated carbocycles. The highest BCUT2D eigenvalue weighted by atomic mass is 35.5. The van der Waals surface area contributed by atoms with Crippen LogP contribution in [-0.4, -0.2) is 12.1 Å². The summed E-state index contributed by atoms with van der Waals surface area (Å²) in [6.45, 7) is 0. The van der Waals surface area contributed by atoms with Crippen molar-refractivity contribution in [3.8, 4) is 11.5 Å². The number of halogens is 1. The first kappa shape index (κ1) is 13.9. The van der Waals surface area contributed by atoms with Gasteiger partial charge < -0.3 is 15.2 Å². The standard InChI is InChI=1S/C14H10ClNO4/c15-10-6-2-4-8-12(10)19-13(17)9-5-1-3-7-11(9)20-14(16)18/h1-8H,(H2,16,18). The molecule has 2 aromatic rings. The second-order valence-corrected chi connectivity index (χ2v) is 4.14. The molecule has 0 aromatic heterocycles. The topological polar surface area (TPSA) is 78.6 Å². The zero-order valence-electron chi connectivity index (χ0n) is 10.2. The van der Waals surface area contributed by atoms with Gasteiger partial charge in [-0.05, 0) is 24.3 Å². The molecule has 0 fully saturated rings. The minimum Gasteiger partial charge on any atom is -0.421 e. The van der Waals surface area contributed by atoms with Crippen LogP contribution >= 0.6 is 11.6 Å². The van der Waals surface area contributed by atoms with Gasteiger partial charge in [-0.3, -0.25) is 0 Å². The summed E-state index contributed by atoms with van der Waals surface area (Å²) in [7, 11) is 0. The van der Waals surface area contributed by atoms with Crippen molar-refractivity contribution >= 4 is 23.7 Å². The average Bonchev–Trinajstić information content (AvgIpc) is 2.41. The monoisotopic (exact) mass is 291 g/mol. The van der Waals surface area contributed by atoms with Crippen LogP contribution in [0.3, 0.4) is 0 Å². The first-order valence-electron chi connectivity index (χ1n) is 5.61. The van der Waals surface area contributed by atoms with E-state index in [1.165, 1.54) is 12.1 Å². The van der Waals surface area contributed by atoms with Gasteiger partial charge in [-0.25, -0.2) is 9.59 Å². The highest BCUT2D eigenvalue weighted by Gasteiger charge is 2.16. The Hall–Kier alpha value is -2.53. The largest absolute Gasteiger partial charge is 0.421 e. The molecular weight excluding hydrogens is 282 g/mol. The summed E-state index contributed by atoms with van der Waals surface area (Å²) < 4.78 is 9.89. The van der Waals surface area contributed by atoms with Crippen molar-refractivity contribution in [2.24, 2.45) is 5.73 Å². The third-order valence-corrected chi connectivity index (χ3v) is 2.67. The molecule has 1 amide bonds. The fourth-order valence-corrected chi connectivity index (χ4v) is 1.69. The molecule has 0 radical (unpaired) electrons. The van der Waals surface area contributed by atoms with Crippen molar-refractivity contribution in [3.05, 3.63) is 59.1 Å². The molecule has 0 spiro atoms. The fourth-order valence-electron chi connectivity index (χ4n) is 1.52. The van der Waals surface area contributed by atoms with Gasteiger partial charge in [0.05, 0.1) is 5.02 Å². The number of primary amides is 1. The number of esters is 1. The number of amides is 1. The lowest BCUT2D eigenvalue weighted by Gasteiger charge is -2.09. The Bertz CT molecular complexity index is 657. The van der Waals surface area contributed by atoms with Crippen LogP contribution in [0.2, 0.25) is 5.02 Å². The van der Waals surface area contributed by atoms with Crippen molar-refractivity contribution in [3.63, 3.8) is 0 Å². The Balaban J connectivity index is 2.26. The van der Waals surface area contributed by atoms with Gasteiger partial charge >= 0.3 is 12.1 Å². The normalized spacial score (nSPS) is 9.85. The van der Waals surface area contributed by atoms with Crippen molar-refractivity contribution in [2.75, 3.05) is 0 Å². The van der Waals surface area contributed by atoms with E-state index in [0.29, 0.717) is 5.02 Å². The molecule has 102 valence electrons. The van der Waals surface area contributed by atoms with Crippen LogP contribution in [0, 0.1) is 0 Å². The molecule has 0 saturated heterocycles. The van der Waals surface area contributed by atoms with Crippen molar-refractivity contribution < 1.29 is 19.1 Å². The smallest absolute Gasteiger partial charge is 0.409 e. The summed E-state index contributed by atoms with van der Waals surface area (Å²) in [5, 5.41) is 0.300. The molecular formula is C14H10ClNO4. The molecule has 0 aliphatic heterocycles. The Labute approximate surface area is 119 Å². The van der Waals surface area contributed by atoms with Crippen molar-refractivity contribution in [1.29, 1.82) is 0 Å². The maximum absolute atomic E-state index is 12.1. The molecule has 2 N–H and O–H groups in total. The van der Waals surface area contributed by atoms with E-state index in [9.17, 15) is 9.59 Å². The third-order valence-electron chi connectivity index (χ3n) is 2.36. The first-order valence-corrected chi connectivity index (χ1v) is 5.99. The summed E-state index contributed by atoms with van der Waals surface area (Å²) in [4.78, 5) is 22.8. The minimum absolute atomic E-state index is 0.0250. The summed E-state index contributed by atoms with van der Waals surface area (Å²) in [5.74, 6) is -0.458. The van der Waals surface area contributed by atoms with Gasteiger partial charge in [0, 0.05) is 0 Å². The summed E-state index contributed by atoms with van der Waals surface area (Å²) in [6.07, 6.45) is -1.01. The van der Waals surface area contributed by atoms with Gasteiger partial charge in [-0.15, -0.1) is 0 Å². The first-order chi connectivity index (χ1) is 9.58. The summed E-state index contributed by atoms with van der Waals surface area (Å²) >= 11 is 5.90. The zero-order chi connectivity index (χ0) is 14.5. The Morgan fingerprint density at radius 3 is 2.15 bits per heavy atom. The van der Waals surface area contributed by atoms with E-state index in [-0.39, 0.29) is 17.1 Å². The Kier molecular flexibility index (Phi) is 4.22. The van der Waals surface area contributed by atoms with Gasteiger partial charge in [0.2, 0.25) is 0 Å². The number of carbonyl (C=O) groups excluding carboxylic acids is 2. The van der Waals surface area contributed by atoms with E-state index < -0.39 is 12.1 Å². The lowest BCUT2D eigenvalue weighted by molar-refractivity contribution is 0.0732. The number of ether oxygens (including phenoxy) is 2. The van der Waals surface area contributed by atoms with E-state index in [1.54, 1.807) is 36.4 Å². The fraction of sp³-hybridized carbons (Fsp3) is 0. The van der Waals surface area contributed by atoms with Gasteiger partial charge in [0.15, 0.2) is 0 Å². The van der Waals surface area contributed by atoms with Crippen LogP contribution in [0.1, 0.15) is 10.4 Å². The van der Waals surface area contributed by atoms with E-state index in [2.05, 4.69) is 0 Å². The quantitative estimate of drug-likeness (QED) is 0.696. The SMILES string of the molecule is NC(=O)Oc1ccccc1C(=O)Oc1ccccc1Cl. The number of rotatable bonds is 3. The highest BCUT2D eigenvalue weighted by molar-refractivity contribution is 6.32. The minimum atomic E-state index is -1.01.